The Kier molecular flexibility index (Phi) is 5.48. The molecule has 0 saturated heterocycles. The number of carbonyl (C=O) groups excluding carboxylic acids is 1. The number of nitrogens with one attached hydrogen (secondary N) is 3. The van der Waals surface area contributed by atoms with Crippen molar-refractivity contribution in [1.82, 2.24) is 15.0 Å². The minimum Gasteiger partial charge on any atom is -0.351 e. The largest absolute Gasteiger partial charge is 0.351 e. The first-order chi connectivity index (χ1) is 8.83. The highest BCUT2D eigenvalue weighted by Gasteiger charge is 2.09. The van der Waals surface area contributed by atoms with Crippen LogP contribution in [0, 0.1) is 0 Å². The zero-order chi connectivity index (χ0) is 14.5. The molecule has 0 aromatic carbocycles. The number of nitrogens with two attached hydrogens (primary N) is 1. The van der Waals surface area contributed by atoms with Crippen LogP contribution in [0.1, 0.15) is 10.4 Å². The molecule has 8 nitrogen and oxygen atoms in total. The second kappa shape index (κ2) is 6.66. The number of hydrogen-bond acceptors (Lipinski definition) is 6. The Morgan fingerprint density at radius 3 is 2.68 bits per heavy atom. The average Bonchev–Trinajstić information content (AvgIpc) is 2.33. The van der Waals surface area contributed by atoms with Crippen LogP contribution in [-0.2, 0) is 10.0 Å². The van der Waals surface area contributed by atoms with E-state index in [2.05, 4.69) is 20.4 Å². The second-order valence-electron chi connectivity index (χ2n) is 3.62. The number of hydrazine groups is 1. The highest BCUT2D eigenvalue weighted by Crippen LogP contribution is 2.18. The fraction of sp³-hybridized carbons (Fsp3) is 0.333. The van der Waals surface area contributed by atoms with Gasteiger partial charge in [-0.05, 0) is 6.07 Å². The molecule has 0 atom stereocenters. The number of amides is 1. The summed E-state index contributed by atoms with van der Waals surface area (Å²) >= 11 is 5.82. The van der Waals surface area contributed by atoms with Crippen molar-refractivity contribution in [3.8, 4) is 0 Å². The number of aromatic nitrogens is 1. The van der Waals surface area contributed by atoms with Gasteiger partial charge >= 0.3 is 0 Å². The van der Waals surface area contributed by atoms with Crippen molar-refractivity contribution in [3.05, 3.63) is 22.8 Å². The Morgan fingerprint density at radius 2 is 2.16 bits per heavy atom. The molecule has 0 bridgehead atoms. The van der Waals surface area contributed by atoms with Crippen molar-refractivity contribution >= 4 is 33.3 Å². The zero-order valence-electron chi connectivity index (χ0n) is 10.1. The summed E-state index contributed by atoms with van der Waals surface area (Å²) in [5.41, 5.74) is 2.53. The minimum absolute atomic E-state index is 0.105. The van der Waals surface area contributed by atoms with Crippen LogP contribution in [-0.4, -0.2) is 38.7 Å². The van der Waals surface area contributed by atoms with E-state index >= 15 is 0 Å². The molecule has 0 radical (unpaired) electrons. The van der Waals surface area contributed by atoms with Crippen LogP contribution >= 0.6 is 11.6 Å². The smallest absolute Gasteiger partial charge is 0.252 e. The Hall–Kier alpha value is -1.42. The number of halogens is 1. The van der Waals surface area contributed by atoms with Crippen LogP contribution in [0.15, 0.2) is 12.3 Å². The molecule has 0 aliphatic rings. The first-order valence-electron chi connectivity index (χ1n) is 5.18. The Bertz CT molecular complexity index is 563. The number of sulfonamides is 1. The third kappa shape index (κ3) is 5.39. The quantitative estimate of drug-likeness (QED) is 0.313. The Labute approximate surface area is 115 Å². The van der Waals surface area contributed by atoms with Gasteiger partial charge < -0.3 is 10.7 Å². The van der Waals surface area contributed by atoms with Gasteiger partial charge in [0.2, 0.25) is 10.0 Å². The number of nitrogens with zero attached hydrogens (tertiary/aromatic N) is 1. The van der Waals surface area contributed by atoms with Crippen LogP contribution in [0.5, 0.6) is 0 Å². The van der Waals surface area contributed by atoms with Crippen LogP contribution < -0.4 is 21.3 Å². The van der Waals surface area contributed by atoms with E-state index in [1.54, 1.807) is 0 Å². The van der Waals surface area contributed by atoms with Crippen LogP contribution in [0.4, 0.5) is 5.82 Å². The van der Waals surface area contributed by atoms with Gasteiger partial charge in [-0.1, -0.05) is 11.6 Å². The summed E-state index contributed by atoms with van der Waals surface area (Å²) in [6.07, 6.45) is 2.34. The maximum atomic E-state index is 11.7. The summed E-state index contributed by atoms with van der Waals surface area (Å²) in [6.45, 7) is 0.259. The van der Waals surface area contributed by atoms with E-state index in [0.717, 1.165) is 6.26 Å². The second-order valence-corrected chi connectivity index (χ2v) is 5.86. The molecule has 1 aromatic rings. The maximum absolute atomic E-state index is 11.7. The molecule has 0 aliphatic carbocycles. The molecule has 0 unspecified atom stereocenters. The summed E-state index contributed by atoms with van der Waals surface area (Å²) in [7, 11) is -3.26. The Balaban J connectivity index is 2.52. The van der Waals surface area contributed by atoms with E-state index in [9.17, 15) is 13.2 Å². The topological polar surface area (TPSA) is 126 Å². The van der Waals surface area contributed by atoms with Crippen molar-refractivity contribution in [3.63, 3.8) is 0 Å². The van der Waals surface area contributed by atoms with Crippen LogP contribution in [0.25, 0.3) is 0 Å². The van der Waals surface area contributed by atoms with Crippen molar-refractivity contribution in [2.24, 2.45) is 5.84 Å². The lowest BCUT2D eigenvalue weighted by atomic mass is 10.2. The monoisotopic (exact) mass is 307 g/mol. The molecule has 1 rings (SSSR count). The fourth-order valence-corrected chi connectivity index (χ4v) is 1.88. The highest BCUT2D eigenvalue weighted by atomic mass is 35.5. The molecule has 106 valence electrons. The minimum atomic E-state index is -3.26. The van der Waals surface area contributed by atoms with Crippen molar-refractivity contribution in [1.29, 1.82) is 0 Å². The van der Waals surface area contributed by atoms with E-state index in [1.165, 1.54) is 12.3 Å². The summed E-state index contributed by atoms with van der Waals surface area (Å²) in [6, 6.07) is 1.41. The number of hydrogen-bond donors (Lipinski definition) is 4. The molecule has 10 heteroatoms. The molecular weight excluding hydrogens is 294 g/mol. The first kappa shape index (κ1) is 15.6. The molecule has 5 N–H and O–H groups in total. The number of carbonyl (C=O) groups is 1. The lowest BCUT2D eigenvalue weighted by Crippen LogP contribution is -2.34. The lowest BCUT2D eigenvalue weighted by Gasteiger charge is -2.07. The van der Waals surface area contributed by atoms with Crippen molar-refractivity contribution in [2.75, 3.05) is 24.8 Å². The molecule has 1 aromatic heterocycles. The van der Waals surface area contributed by atoms with Gasteiger partial charge in [0.25, 0.3) is 5.91 Å². The first-order valence-corrected chi connectivity index (χ1v) is 7.45. The van der Waals surface area contributed by atoms with Crippen LogP contribution in [0.3, 0.4) is 0 Å². The zero-order valence-corrected chi connectivity index (χ0v) is 11.7. The summed E-state index contributed by atoms with van der Waals surface area (Å²) in [5, 5.41) is 2.73. The molecule has 1 amide bonds. The van der Waals surface area contributed by atoms with Crippen LogP contribution in [0.2, 0.25) is 5.02 Å². The SMILES string of the molecule is CS(=O)(=O)NCCNC(=O)c1cnc(NN)c(Cl)c1. The third-order valence-corrected chi connectivity index (χ3v) is 3.03. The highest BCUT2D eigenvalue weighted by molar-refractivity contribution is 7.88. The predicted molar refractivity (Wildman–Crippen MR) is 72.2 cm³/mol. The van der Waals surface area contributed by atoms with Gasteiger partial charge in [-0.2, -0.15) is 0 Å². The van der Waals surface area contributed by atoms with Crippen molar-refractivity contribution < 1.29 is 13.2 Å². The molecule has 0 saturated carbocycles. The number of pyridine rings is 1. The molecule has 0 spiro atoms. The van der Waals surface area contributed by atoms with E-state index < -0.39 is 15.9 Å². The van der Waals surface area contributed by atoms with Gasteiger partial charge in [0.1, 0.15) is 0 Å². The number of anilines is 1. The molecule has 19 heavy (non-hydrogen) atoms. The number of nitrogen functional groups attached to an aromatic ring is 1. The molecule has 0 aliphatic heterocycles. The maximum Gasteiger partial charge on any atom is 0.252 e. The van der Waals surface area contributed by atoms with Gasteiger partial charge in [-0.15, -0.1) is 0 Å². The van der Waals surface area contributed by atoms with E-state index in [0.29, 0.717) is 0 Å². The van der Waals surface area contributed by atoms with Crippen molar-refractivity contribution in [2.45, 2.75) is 0 Å². The summed E-state index contributed by atoms with van der Waals surface area (Å²) in [4.78, 5) is 15.5. The van der Waals surface area contributed by atoms with Gasteiger partial charge in [-0.3, -0.25) is 4.79 Å². The standard InChI is InChI=1S/C9H14ClN5O3S/c1-19(17,18)14-3-2-12-9(16)6-4-7(10)8(15-11)13-5-6/h4-5,14H,2-3,11H2,1H3,(H,12,16)(H,13,15). The van der Waals surface area contributed by atoms with Gasteiger partial charge in [0.05, 0.1) is 16.8 Å². The summed E-state index contributed by atoms with van der Waals surface area (Å²) < 4.78 is 23.8. The molecular formula is C9H14ClN5O3S. The van der Waals surface area contributed by atoms with E-state index in [-0.39, 0.29) is 29.5 Å². The number of rotatable bonds is 6. The van der Waals surface area contributed by atoms with E-state index in [4.69, 9.17) is 17.4 Å². The molecule has 1 heterocycles. The summed E-state index contributed by atoms with van der Waals surface area (Å²) in [5.74, 6) is 5.01. The lowest BCUT2D eigenvalue weighted by molar-refractivity contribution is 0.0954. The average molecular weight is 308 g/mol. The van der Waals surface area contributed by atoms with E-state index in [1.807, 2.05) is 0 Å². The van der Waals surface area contributed by atoms with Gasteiger partial charge in [0, 0.05) is 19.3 Å². The normalized spacial score (nSPS) is 11.1. The predicted octanol–water partition coefficient (Wildman–Crippen LogP) is -0.700. The van der Waals surface area contributed by atoms with Gasteiger partial charge in [-0.25, -0.2) is 24.0 Å². The van der Waals surface area contributed by atoms with Gasteiger partial charge in [0.15, 0.2) is 5.82 Å². The fourth-order valence-electron chi connectivity index (χ4n) is 1.18. The molecule has 0 fully saturated rings. The Morgan fingerprint density at radius 1 is 1.47 bits per heavy atom. The third-order valence-electron chi connectivity index (χ3n) is 2.01.